The second-order valence-electron chi connectivity index (χ2n) is 5.32. The zero-order valence-electron chi connectivity index (χ0n) is 11.8. The molecule has 0 amide bonds. The summed E-state index contributed by atoms with van der Waals surface area (Å²) in [5.74, 6) is 0.297. The van der Waals surface area contributed by atoms with E-state index in [-0.39, 0.29) is 0 Å². The molecule has 0 aliphatic carbocycles. The average Bonchev–Trinajstić information content (AvgIpc) is 2.43. The third-order valence-electron chi connectivity index (χ3n) is 4.13. The maximum atomic E-state index is 9.90. The van der Waals surface area contributed by atoms with Crippen LogP contribution in [0.2, 0.25) is 5.02 Å². The van der Waals surface area contributed by atoms with Gasteiger partial charge < -0.3 is 10.0 Å². The smallest absolute Gasteiger partial charge is 0.121 e. The second-order valence-corrected chi connectivity index (χ2v) is 5.73. The molecule has 1 heterocycles. The minimum atomic E-state index is 0.297. The van der Waals surface area contributed by atoms with Gasteiger partial charge in [0.1, 0.15) is 5.75 Å². The summed E-state index contributed by atoms with van der Waals surface area (Å²) in [7, 11) is 2.12. The second kappa shape index (κ2) is 6.60. The Bertz CT molecular complexity index is 396. The number of phenols is 1. The fraction of sp³-hybridized carbons (Fsp3) is 0.600. The highest BCUT2D eigenvalue weighted by Crippen LogP contribution is 2.28. The van der Waals surface area contributed by atoms with E-state index in [4.69, 9.17) is 11.6 Å². The molecule has 0 spiro atoms. The molecule has 3 nitrogen and oxygen atoms in total. The Balaban J connectivity index is 1.96. The van der Waals surface area contributed by atoms with Crippen molar-refractivity contribution in [1.29, 1.82) is 0 Å². The van der Waals surface area contributed by atoms with Gasteiger partial charge in [-0.15, -0.1) is 0 Å². The van der Waals surface area contributed by atoms with Crippen LogP contribution in [0.1, 0.15) is 25.3 Å². The SMILES string of the molecule is CCN1CCC(N(C)Cc2c(O)cccc2Cl)CC1. The van der Waals surface area contributed by atoms with Crippen LogP contribution in [0.25, 0.3) is 0 Å². The molecule has 1 aliphatic heterocycles. The Kier molecular flexibility index (Phi) is 5.08. The molecule has 1 aromatic rings. The number of hydrogen-bond acceptors (Lipinski definition) is 3. The van der Waals surface area contributed by atoms with Crippen molar-refractivity contribution < 1.29 is 5.11 Å². The molecule has 1 aromatic carbocycles. The summed E-state index contributed by atoms with van der Waals surface area (Å²) in [5.41, 5.74) is 0.838. The summed E-state index contributed by atoms with van der Waals surface area (Å²) < 4.78 is 0. The van der Waals surface area contributed by atoms with Crippen molar-refractivity contribution in [3.63, 3.8) is 0 Å². The van der Waals surface area contributed by atoms with Crippen molar-refractivity contribution in [2.75, 3.05) is 26.7 Å². The van der Waals surface area contributed by atoms with E-state index in [1.54, 1.807) is 12.1 Å². The van der Waals surface area contributed by atoms with Crippen molar-refractivity contribution in [2.45, 2.75) is 32.4 Å². The van der Waals surface area contributed by atoms with Crippen LogP contribution < -0.4 is 0 Å². The van der Waals surface area contributed by atoms with Crippen molar-refractivity contribution in [3.05, 3.63) is 28.8 Å². The van der Waals surface area contributed by atoms with Gasteiger partial charge in [-0.25, -0.2) is 0 Å². The Hall–Kier alpha value is -0.770. The number of rotatable bonds is 4. The molecule has 0 saturated carbocycles. The lowest BCUT2D eigenvalue weighted by Crippen LogP contribution is -2.42. The largest absolute Gasteiger partial charge is 0.508 e. The number of aromatic hydroxyl groups is 1. The van der Waals surface area contributed by atoms with Crippen LogP contribution in [0, 0.1) is 0 Å². The van der Waals surface area contributed by atoms with E-state index in [0.29, 0.717) is 23.4 Å². The molecule has 4 heteroatoms. The normalized spacial score (nSPS) is 18.1. The minimum Gasteiger partial charge on any atom is -0.508 e. The van der Waals surface area contributed by atoms with Gasteiger partial charge in [-0.1, -0.05) is 24.6 Å². The predicted molar refractivity (Wildman–Crippen MR) is 79.7 cm³/mol. The molecule has 1 N–H and O–H groups in total. The first kappa shape index (κ1) is 14.6. The Morgan fingerprint density at radius 2 is 2.05 bits per heavy atom. The van der Waals surface area contributed by atoms with Gasteiger partial charge in [0.15, 0.2) is 0 Å². The third kappa shape index (κ3) is 3.62. The number of nitrogens with zero attached hydrogens (tertiary/aromatic N) is 2. The molecule has 2 rings (SSSR count). The minimum absolute atomic E-state index is 0.297. The van der Waals surface area contributed by atoms with Gasteiger partial charge in [0.05, 0.1) is 0 Å². The van der Waals surface area contributed by atoms with Crippen LogP contribution in [0.15, 0.2) is 18.2 Å². The fourth-order valence-electron chi connectivity index (χ4n) is 2.76. The summed E-state index contributed by atoms with van der Waals surface area (Å²) in [6.45, 7) is 6.40. The van der Waals surface area contributed by atoms with Crippen LogP contribution in [-0.2, 0) is 6.54 Å². The zero-order chi connectivity index (χ0) is 13.8. The fourth-order valence-corrected chi connectivity index (χ4v) is 2.99. The molecule has 19 heavy (non-hydrogen) atoms. The first-order chi connectivity index (χ1) is 9.11. The van der Waals surface area contributed by atoms with Crippen molar-refractivity contribution in [3.8, 4) is 5.75 Å². The number of piperidine rings is 1. The van der Waals surface area contributed by atoms with E-state index >= 15 is 0 Å². The molecular weight excluding hydrogens is 260 g/mol. The molecule has 0 unspecified atom stereocenters. The van der Waals surface area contributed by atoms with E-state index in [1.807, 2.05) is 6.07 Å². The van der Waals surface area contributed by atoms with E-state index in [9.17, 15) is 5.11 Å². The summed E-state index contributed by atoms with van der Waals surface area (Å²) in [6, 6.07) is 5.90. The van der Waals surface area contributed by atoms with Gasteiger partial charge in [0, 0.05) is 23.2 Å². The Labute approximate surface area is 120 Å². The molecule has 0 atom stereocenters. The van der Waals surface area contributed by atoms with Crippen molar-refractivity contribution in [2.24, 2.45) is 0 Å². The maximum absolute atomic E-state index is 9.90. The number of hydrogen-bond donors (Lipinski definition) is 1. The molecule has 106 valence electrons. The molecule has 1 saturated heterocycles. The van der Waals surface area contributed by atoms with Crippen LogP contribution in [0.5, 0.6) is 5.75 Å². The number of likely N-dealkylation sites (tertiary alicyclic amines) is 1. The Morgan fingerprint density at radius 1 is 1.37 bits per heavy atom. The number of halogens is 1. The van der Waals surface area contributed by atoms with E-state index < -0.39 is 0 Å². The van der Waals surface area contributed by atoms with Crippen molar-refractivity contribution >= 4 is 11.6 Å². The Morgan fingerprint density at radius 3 is 2.63 bits per heavy atom. The highest BCUT2D eigenvalue weighted by Gasteiger charge is 2.22. The summed E-state index contributed by atoms with van der Waals surface area (Å²) in [4.78, 5) is 4.80. The maximum Gasteiger partial charge on any atom is 0.121 e. The van der Waals surface area contributed by atoms with Crippen LogP contribution in [-0.4, -0.2) is 47.6 Å². The predicted octanol–water partition coefficient (Wildman–Crippen LogP) is 2.96. The lowest BCUT2D eigenvalue weighted by atomic mass is 10.0. The van der Waals surface area contributed by atoms with Gasteiger partial charge >= 0.3 is 0 Å². The van der Waals surface area contributed by atoms with E-state index in [1.165, 1.54) is 25.9 Å². The highest BCUT2D eigenvalue weighted by atomic mass is 35.5. The average molecular weight is 283 g/mol. The monoisotopic (exact) mass is 282 g/mol. The summed E-state index contributed by atoms with van der Waals surface area (Å²) in [5, 5.41) is 10.6. The zero-order valence-corrected chi connectivity index (χ0v) is 12.5. The summed E-state index contributed by atoms with van der Waals surface area (Å²) >= 11 is 6.16. The molecule has 1 fully saturated rings. The molecule has 0 radical (unpaired) electrons. The first-order valence-corrected chi connectivity index (χ1v) is 7.38. The van der Waals surface area contributed by atoms with Gasteiger partial charge in [-0.05, 0) is 51.7 Å². The standard InChI is InChI=1S/C15H23ClN2O/c1-3-18-9-7-12(8-10-18)17(2)11-13-14(16)5-4-6-15(13)19/h4-6,12,19H,3,7-11H2,1-2H3. The molecule has 1 aliphatic rings. The van der Waals surface area contributed by atoms with Crippen LogP contribution in [0.3, 0.4) is 0 Å². The van der Waals surface area contributed by atoms with Gasteiger partial charge in [-0.3, -0.25) is 4.90 Å². The van der Waals surface area contributed by atoms with Crippen LogP contribution >= 0.6 is 11.6 Å². The molecule has 0 bridgehead atoms. The lowest BCUT2D eigenvalue weighted by molar-refractivity contribution is 0.126. The number of phenolic OH excluding ortho intramolecular Hbond substituents is 1. The first-order valence-electron chi connectivity index (χ1n) is 7.00. The topological polar surface area (TPSA) is 26.7 Å². The van der Waals surface area contributed by atoms with Gasteiger partial charge in [0.25, 0.3) is 0 Å². The van der Waals surface area contributed by atoms with Crippen molar-refractivity contribution in [1.82, 2.24) is 9.80 Å². The van der Waals surface area contributed by atoms with Gasteiger partial charge in [-0.2, -0.15) is 0 Å². The van der Waals surface area contributed by atoms with Gasteiger partial charge in [0.2, 0.25) is 0 Å². The summed E-state index contributed by atoms with van der Waals surface area (Å²) in [6.07, 6.45) is 2.38. The highest BCUT2D eigenvalue weighted by molar-refractivity contribution is 6.31. The molecular formula is C15H23ClN2O. The van der Waals surface area contributed by atoms with E-state index in [2.05, 4.69) is 23.8 Å². The van der Waals surface area contributed by atoms with E-state index in [0.717, 1.165) is 12.1 Å². The quantitative estimate of drug-likeness (QED) is 0.920. The number of benzene rings is 1. The molecule has 0 aromatic heterocycles. The third-order valence-corrected chi connectivity index (χ3v) is 4.48. The lowest BCUT2D eigenvalue weighted by Gasteiger charge is -2.36. The van der Waals surface area contributed by atoms with Crippen LogP contribution in [0.4, 0.5) is 0 Å².